The second kappa shape index (κ2) is 3.68. The molecule has 1 aromatic rings. The van der Waals surface area contributed by atoms with E-state index in [0.717, 1.165) is 12.1 Å². The first-order valence-electron chi connectivity index (χ1n) is 3.81. The van der Waals surface area contributed by atoms with Gasteiger partial charge in [-0.15, -0.1) is 0 Å². The highest BCUT2D eigenvalue weighted by Crippen LogP contribution is 2.32. The van der Waals surface area contributed by atoms with Crippen LogP contribution in [-0.4, -0.2) is 13.9 Å². The molecule has 0 unspecified atom stereocenters. The first-order valence-corrected chi connectivity index (χ1v) is 5.29. The minimum absolute atomic E-state index is 0.0117. The van der Waals surface area contributed by atoms with Crippen molar-refractivity contribution in [3.63, 3.8) is 0 Å². The van der Waals surface area contributed by atoms with Crippen LogP contribution in [0, 0.1) is 11.3 Å². The topological polar surface area (TPSA) is 83.9 Å². The fourth-order valence-electron chi connectivity index (χ4n) is 0.994. The molecule has 16 heavy (non-hydrogen) atoms. The van der Waals surface area contributed by atoms with Crippen molar-refractivity contribution in [1.29, 1.82) is 5.26 Å². The Hall–Kier alpha value is -1.75. The molecule has 4 nitrogen and oxygen atoms in total. The molecule has 0 bridgehead atoms. The first-order chi connectivity index (χ1) is 7.20. The van der Waals surface area contributed by atoms with Crippen molar-refractivity contribution in [1.82, 2.24) is 0 Å². The molecule has 0 aliphatic carbocycles. The maximum absolute atomic E-state index is 12.2. The second-order valence-corrected chi connectivity index (χ2v) is 4.73. The number of hydrogen-bond acceptors (Lipinski definition) is 4. The van der Waals surface area contributed by atoms with Gasteiger partial charge in [0.1, 0.15) is 6.07 Å². The van der Waals surface area contributed by atoms with Gasteiger partial charge in [-0.3, -0.25) is 0 Å². The third kappa shape index (κ3) is 1.94. The Balaban J connectivity index is 3.54. The predicted molar refractivity (Wildman–Crippen MR) is 48.8 cm³/mol. The molecule has 1 rings (SSSR count). The predicted octanol–water partition coefficient (Wildman–Crippen LogP) is 1.43. The van der Waals surface area contributed by atoms with E-state index >= 15 is 0 Å². The molecule has 0 amide bonds. The number of benzene rings is 1. The van der Waals surface area contributed by atoms with Crippen LogP contribution in [0.1, 0.15) is 5.56 Å². The second-order valence-electron chi connectivity index (χ2n) is 2.82. The Kier molecular flexibility index (Phi) is 2.83. The number of rotatable bonds is 1. The lowest BCUT2D eigenvalue weighted by molar-refractivity contribution is -0.0436. The first kappa shape index (κ1) is 12.3. The van der Waals surface area contributed by atoms with Gasteiger partial charge in [0.05, 0.1) is 10.5 Å². The van der Waals surface area contributed by atoms with E-state index in [1.54, 1.807) is 0 Å². The Morgan fingerprint density at radius 1 is 1.31 bits per heavy atom. The Morgan fingerprint density at radius 3 is 2.31 bits per heavy atom. The summed E-state index contributed by atoms with van der Waals surface area (Å²) in [7, 11) is -5.51. The summed E-state index contributed by atoms with van der Waals surface area (Å²) >= 11 is 0. The Bertz CT molecular complexity index is 558. The van der Waals surface area contributed by atoms with Crippen molar-refractivity contribution in [2.24, 2.45) is 0 Å². The van der Waals surface area contributed by atoms with E-state index in [1.165, 1.54) is 6.07 Å². The van der Waals surface area contributed by atoms with Crippen LogP contribution in [0.2, 0.25) is 0 Å². The van der Waals surface area contributed by atoms with Gasteiger partial charge < -0.3 is 5.73 Å². The quantitative estimate of drug-likeness (QED) is 0.764. The van der Waals surface area contributed by atoms with Gasteiger partial charge in [0.2, 0.25) is 0 Å². The number of halogens is 3. The van der Waals surface area contributed by atoms with Crippen molar-refractivity contribution in [2.75, 3.05) is 5.73 Å². The van der Waals surface area contributed by atoms with Gasteiger partial charge >= 0.3 is 5.51 Å². The molecule has 86 valence electrons. The molecular formula is C8H5F3N2O2S. The van der Waals surface area contributed by atoms with Crippen LogP contribution in [0.25, 0.3) is 0 Å². The number of alkyl halides is 3. The molecule has 0 fully saturated rings. The van der Waals surface area contributed by atoms with Crippen molar-refractivity contribution in [3.05, 3.63) is 23.8 Å². The third-order valence-electron chi connectivity index (χ3n) is 1.72. The summed E-state index contributed by atoms with van der Waals surface area (Å²) in [6, 6.07) is 3.88. The highest BCUT2D eigenvalue weighted by molar-refractivity contribution is 7.92. The molecule has 0 saturated heterocycles. The molecule has 0 aliphatic heterocycles. The fourth-order valence-corrected chi connectivity index (χ4v) is 1.88. The summed E-state index contributed by atoms with van der Waals surface area (Å²) in [6.45, 7) is 0. The highest BCUT2D eigenvalue weighted by atomic mass is 32.2. The number of anilines is 1. The van der Waals surface area contributed by atoms with E-state index in [2.05, 4.69) is 0 Å². The summed E-state index contributed by atoms with van der Waals surface area (Å²) in [5, 5.41) is 8.53. The average Bonchev–Trinajstić information content (AvgIpc) is 2.15. The molecule has 0 heterocycles. The van der Waals surface area contributed by atoms with Gasteiger partial charge in [-0.05, 0) is 18.2 Å². The normalized spacial score (nSPS) is 12.1. The van der Waals surface area contributed by atoms with Crippen molar-refractivity contribution >= 4 is 15.5 Å². The van der Waals surface area contributed by atoms with E-state index in [-0.39, 0.29) is 5.69 Å². The summed E-state index contributed by atoms with van der Waals surface area (Å²) in [5.41, 5.74) is -0.823. The van der Waals surface area contributed by atoms with Crippen LogP contribution >= 0.6 is 0 Å². The van der Waals surface area contributed by atoms with Crippen LogP contribution in [-0.2, 0) is 9.84 Å². The third-order valence-corrected chi connectivity index (χ3v) is 3.26. The summed E-state index contributed by atoms with van der Waals surface area (Å²) in [5.74, 6) is 0. The Labute approximate surface area is 89.0 Å². The lowest BCUT2D eigenvalue weighted by atomic mass is 10.2. The summed E-state index contributed by atoms with van der Waals surface area (Å²) in [4.78, 5) is -1.09. The van der Waals surface area contributed by atoms with Gasteiger partial charge in [0, 0.05) is 5.69 Å². The minimum Gasteiger partial charge on any atom is -0.399 e. The van der Waals surface area contributed by atoms with Crippen LogP contribution < -0.4 is 5.73 Å². The van der Waals surface area contributed by atoms with Gasteiger partial charge in [-0.1, -0.05) is 0 Å². The molecule has 0 spiro atoms. The lowest BCUT2D eigenvalue weighted by Gasteiger charge is -2.09. The smallest absolute Gasteiger partial charge is 0.399 e. The zero-order chi connectivity index (χ0) is 12.6. The highest BCUT2D eigenvalue weighted by Gasteiger charge is 2.47. The number of nitriles is 1. The fraction of sp³-hybridized carbons (Fsp3) is 0.125. The summed E-state index contributed by atoms with van der Waals surface area (Å²) in [6.07, 6.45) is 0. The molecular weight excluding hydrogens is 245 g/mol. The molecule has 0 aromatic heterocycles. The van der Waals surface area contributed by atoms with E-state index in [9.17, 15) is 21.6 Å². The Morgan fingerprint density at radius 2 is 1.88 bits per heavy atom. The van der Waals surface area contributed by atoms with Crippen LogP contribution in [0.3, 0.4) is 0 Å². The lowest BCUT2D eigenvalue weighted by Crippen LogP contribution is -2.24. The number of sulfone groups is 1. The summed E-state index contributed by atoms with van der Waals surface area (Å²) < 4.78 is 58.7. The maximum Gasteiger partial charge on any atom is 0.501 e. The van der Waals surface area contributed by atoms with E-state index in [1.807, 2.05) is 0 Å². The SMILES string of the molecule is N#Cc1cc(N)ccc1S(=O)(=O)C(F)(F)F. The van der Waals surface area contributed by atoms with Crippen molar-refractivity contribution < 1.29 is 21.6 Å². The van der Waals surface area contributed by atoms with Gasteiger partial charge in [0.15, 0.2) is 0 Å². The van der Waals surface area contributed by atoms with Crippen molar-refractivity contribution in [2.45, 2.75) is 10.4 Å². The molecule has 8 heteroatoms. The van der Waals surface area contributed by atoms with Gasteiger partial charge in [0.25, 0.3) is 9.84 Å². The van der Waals surface area contributed by atoms with Crippen LogP contribution in [0.5, 0.6) is 0 Å². The van der Waals surface area contributed by atoms with Crippen LogP contribution in [0.15, 0.2) is 23.1 Å². The van der Waals surface area contributed by atoms with E-state index in [4.69, 9.17) is 11.0 Å². The maximum atomic E-state index is 12.2. The molecule has 0 radical (unpaired) electrons. The molecule has 0 saturated carbocycles. The van der Waals surface area contributed by atoms with E-state index in [0.29, 0.717) is 6.07 Å². The van der Waals surface area contributed by atoms with Gasteiger partial charge in [-0.25, -0.2) is 8.42 Å². The van der Waals surface area contributed by atoms with Gasteiger partial charge in [-0.2, -0.15) is 18.4 Å². The molecule has 0 atom stereocenters. The number of nitrogen functional groups attached to an aromatic ring is 1. The zero-order valence-electron chi connectivity index (χ0n) is 7.62. The minimum atomic E-state index is -5.51. The zero-order valence-corrected chi connectivity index (χ0v) is 8.43. The monoisotopic (exact) mass is 250 g/mol. The van der Waals surface area contributed by atoms with E-state index < -0.39 is 25.8 Å². The standard InChI is InChI=1S/C8H5F3N2O2S/c9-8(10,11)16(14,15)7-2-1-6(13)3-5(7)4-12/h1-3H,13H2. The number of nitrogens with two attached hydrogens (primary N) is 1. The van der Waals surface area contributed by atoms with Crippen LogP contribution in [0.4, 0.5) is 18.9 Å². The average molecular weight is 250 g/mol. The largest absolute Gasteiger partial charge is 0.501 e. The molecule has 1 aromatic carbocycles. The molecule has 0 aliphatic rings. The molecule has 2 N–H and O–H groups in total. The number of hydrogen-bond donors (Lipinski definition) is 1. The number of nitrogens with zero attached hydrogens (tertiary/aromatic N) is 1. The van der Waals surface area contributed by atoms with Crippen molar-refractivity contribution in [3.8, 4) is 6.07 Å².